The van der Waals surface area contributed by atoms with Crippen LogP contribution in [0.25, 0.3) is 0 Å². The number of ether oxygens (including phenoxy) is 1. The van der Waals surface area contributed by atoms with Gasteiger partial charge in [-0.2, -0.15) is 0 Å². The molecule has 2 atom stereocenters. The maximum atomic E-state index is 12.7. The first-order valence-electron chi connectivity index (χ1n) is 10.5. The Bertz CT molecular complexity index is 769. The fourth-order valence-electron chi connectivity index (χ4n) is 3.80. The van der Waals surface area contributed by atoms with Gasteiger partial charge in [-0.05, 0) is 33.3 Å². The molecule has 2 fully saturated rings. The Labute approximate surface area is 178 Å². The van der Waals surface area contributed by atoms with Gasteiger partial charge in [0.05, 0.1) is 12.1 Å². The van der Waals surface area contributed by atoms with Gasteiger partial charge in [-0.1, -0.05) is 30.3 Å². The third-order valence-electron chi connectivity index (χ3n) is 5.45. The van der Waals surface area contributed by atoms with E-state index in [0.29, 0.717) is 39.1 Å². The van der Waals surface area contributed by atoms with Crippen molar-refractivity contribution in [1.82, 2.24) is 20.0 Å². The minimum atomic E-state index is -0.538. The topological polar surface area (TPSA) is 82.2 Å². The van der Waals surface area contributed by atoms with Crippen LogP contribution in [-0.4, -0.2) is 77.1 Å². The lowest BCUT2D eigenvalue weighted by Crippen LogP contribution is -2.55. The number of urea groups is 1. The first-order chi connectivity index (χ1) is 14.1. The van der Waals surface area contributed by atoms with E-state index < -0.39 is 5.60 Å². The first kappa shape index (κ1) is 21.9. The standard InChI is InChI=1S/C22H32N4O4/c1-16(17-8-6-5-7-9-17)26-15-18(14-19(26)27)23-20(28)24-10-12-25(13-11-24)21(29)30-22(2,3)4/h5-9,16,18H,10-15H2,1-4H3,(H,23,28). The van der Waals surface area contributed by atoms with E-state index in [0.717, 1.165) is 5.56 Å². The Morgan fingerprint density at radius 3 is 2.27 bits per heavy atom. The zero-order valence-corrected chi connectivity index (χ0v) is 18.3. The van der Waals surface area contributed by atoms with Crippen molar-refractivity contribution in [2.24, 2.45) is 0 Å². The summed E-state index contributed by atoms with van der Waals surface area (Å²) in [4.78, 5) is 42.5. The van der Waals surface area contributed by atoms with E-state index in [1.165, 1.54) is 0 Å². The maximum Gasteiger partial charge on any atom is 0.410 e. The summed E-state index contributed by atoms with van der Waals surface area (Å²) in [5, 5.41) is 2.99. The third-order valence-corrected chi connectivity index (χ3v) is 5.45. The minimum absolute atomic E-state index is 0.0297. The molecule has 0 aromatic heterocycles. The number of amides is 4. The van der Waals surface area contributed by atoms with Crippen LogP contribution in [0.2, 0.25) is 0 Å². The van der Waals surface area contributed by atoms with Crippen LogP contribution in [0.1, 0.15) is 45.7 Å². The Kier molecular flexibility index (Phi) is 6.53. The van der Waals surface area contributed by atoms with Gasteiger partial charge in [0.1, 0.15) is 5.60 Å². The molecule has 8 nitrogen and oxygen atoms in total. The summed E-state index contributed by atoms with van der Waals surface area (Å²) in [6.45, 7) is 9.75. The molecule has 2 unspecified atom stereocenters. The van der Waals surface area contributed by atoms with Gasteiger partial charge in [0.2, 0.25) is 5.91 Å². The van der Waals surface area contributed by atoms with Crippen LogP contribution in [0.5, 0.6) is 0 Å². The molecule has 0 aliphatic carbocycles. The SMILES string of the molecule is CC(c1ccccc1)N1CC(NC(=O)N2CCN(C(=O)OC(C)(C)C)CC2)CC1=O. The normalized spacial score (nSPS) is 20.9. The molecule has 3 rings (SSSR count). The fourth-order valence-corrected chi connectivity index (χ4v) is 3.80. The molecular formula is C22H32N4O4. The smallest absolute Gasteiger partial charge is 0.410 e. The number of carbonyl (C=O) groups excluding carboxylic acids is 3. The second-order valence-electron chi connectivity index (χ2n) is 8.94. The molecule has 0 bridgehead atoms. The zero-order valence-electron chi connectivity index (χ0n) is 18.3. The summed E-state index contributed by atoms with van der Waals surface area (Å²) in [6, 6.07) is 9.46. The van der Waals surface area contributed by atoms with E-state index in [1.54, 1.807) is 9.80 Å². The maximum absolute atomic E-state index is 12.7. The lowest BCUT2D eigenvalue weighted by atomic mass is 10.1. The molecule has 0 saturated carbocycles. The van der Waals surface area contributed by atoms with E-state index in [1.807, 2.05) is 62.9 Å². The average molecular weight is 417 g/mol. The number of rotatable bonds is 3. The average Bonchev–Trinajstić information content (AvgIpc) is 3.06. The van der Waals surface area contributed by atoms with E-state index in [4.69, 9.17) is 4.74 Å². The number of piperazine rings is 1. The molecule has 1 aromatic rings. The summed E-state index contributed by atoms with van der Waals surface area (Å²) < 4.78 is 5.39. The van der Waals surface area contributed by atoms with Gasteiger partial charge in [0, 0.05) is 39.1 Å². The van der Waals surface area contributed by atoms with Gasteiger partial charge in [-0.25, -0.2) is 9.59 Å². The van der Waals surface area contributed by atoms with Crippen molar-refractivity contribution in [3.8, 4) is 0 Å². The van der Waals surface area contributed by atoms with Crippen LogP contribution < -0.4 is 5.32 Å². The van der Waals surface area contributed by atoms with Crippen LogP contribution in [0, 0.1) is 0 Å². The van der Waals surface area contributed by atoms with Gasteiger partial charge in [-0.3, -0.25) is 4.79 Å². The van der Waals surface area contributed by atoms with Crippen molar-refractivity contribution in [3.63, 3.8) is 0 Å². The highest BCUT2D eigenvalue weighted by Crippen LogP contribution is 2.25. The highest BCUT2D eigenvalue weighted by molar-refractivity contribution is 5.82. The van der Waals surface area contributed by atoms with Crippen LogP contribution in [0.3, 0.4) is 0 Å². The van der Waals surface area contributed by atoms with Crippen molar-refractivity contribution in [2.75, 3.05) is 32.7 Å². The minimum Gasteiger partial charge on any atom is -0.444 e. The van der Waals surface area contributed by atoms with Crippen molar-refractivity contribution >= 4 is 18.0 Å². The second kappa shape index (κ2) is 8.93. The molecule has 1 N–H and O–H groups in total. The highest BCUT2D eigenvalue weighted by Gasteiger charge is 2.35. The van der Waals surface area contributed by atoms with Gasteiger partial charge in [0.15, 0.2) is 0 Å². The Hall–Kier alpha value is -2.77. The van der Waals surface area contributed by atoms with Gasteiger partial charge >= 0.3 is 12.1 Å². The predicted molar refractivity (Wildman–Crippen MR) is 113 cm³/mol. The van der Waals surface area contributed by atoms with Gasteiger partial charge < -0.3 is 24.8 Å². The highest BCUT2D eigenvalue weighted by atomic mass is 16.6. The number of nitrogens with one attached hydrogen (secondary N) is 1. The summed E-state index contributed by atoms with van der Waals surface area (Å²) in [5.74, 6) is 0.0476. The van der Waals surface area contributed by atoms with Crippen LogP contribution in [0.4, 0.5) is 9.59 Å². The fraction of sp³-hybridized carbons (Fsp3) is 0.591. The monoisotopic (exact) mass is 416 g/mol. The number of hydrogen-bond donors (Lipinski definition) is 1. The van der Waals surface area contributed by atoms with Crippen molar-refractivity contribution in [1.29, 1.82) is 0 Å². The summed E-state index contributed by atoms with van der Waals surface area (Å²) in [7, 11) is 0. The molecule has 0 radical (unpaired) electrons. The number of hydrogen-bond acceptors (Lipinski definition) is 4. The first-order valence-corrected chi connectivity index (χ1v) is 10.5. The Morgan fingerprint density at radius 2 is 1.67 bits per heavy atom. The lowest BCUT2D eigenvalue weighted by Gasteiger charge is -2.36. The number of nitrogens with zero attached hydrogens (tertiary/aromatic N) is 3. The molecule has 2 aliphatic rings. The van der Waals surface area contributed by atoms with Crippen LogP contribution >= 0.6 is 0 Å². The molecule has 4 amide bonds. The summed E-state index contributed by atoms with van der Waals surface area (Å²) in [6.07, 6.45) is -0.0460. The molecule has 2 aliphatic heterocycles. The van der Waals surface area contributed by atoms with Crippen molar-refractivity contribution in [3.05, 3.63) is 35.9 Å². The number of likely N-dealkylation sites (tertiary alicyclic amines) is 1. The van der Waals surface area contributed by atoms with E-state index >= 15 is 0 Å². The molecule has 2 saturated heterocycles. The largest absolute Gasteiger partial charge is 0.444 e. The zero-order chi connectivity index (χ0) is 21.9. The molecule has 164 valence electrons. The summed E-state index contributed by atoms with van der Waals surface area (Å²) >= 11 is 0. The van der Waals surface area contributed by atoms with E-state index in [-0.39, 0.29) is 30.1 Å². The summed E-state index contributed by atoms with van der Waals surface area (Å²) in [5.41, 5.74) is 0.541. The number of benzene rings is 1. The number of carbonyl (C=O) groups is 3. The Morgan fingerprint density at radius 1 is 1.07 bits per heavy atom. The molecule has 30 heavy (non-hydrogen) atoms. The lowest BCUT2D eigenvalue weighted by molar-refractivity contribution is -0.129. The van der Waals surface area contributed by atoms with Gasteiger partial charge in [0.25, 0.3) is 0 Å². The van der Waals surface area contributed by atoms with Crippen molar-refractivity contribution in [2.45, 2.75) is 51.8 Å². The predicted octanol–water partition coefficient (Wildman–Crippen LogP) is 2.61. The molecule has 2 heterocycles. The third kappa shape index (κ3) is 5.43. The van der Waals surface area contributed by atoms with Crippen LogP contribution in [-0.2, 0) is 9.53 Å². The molecule has 1 aromatic carbocycles. The van der Waals surface area contributed by atoms with E-state index in [2.05, 4.69) is 5.32 Å². The Balaban J connectivity index is 1.48. The second-order valence-corrected chi connectivity index (χ2v) is 8.94. The van der Waals surface area contributed by atoms with Gasteiger partial charge in [-0.15, -0.1) is 0 Å². The molecule has 0 spiro atoms. The quantitative estimate of drug-likeness (QED) is 0.821. The van der Waals surface area contributed by atoms with Crippen LogP contribution in [0.15, 0.2) is 30.3 Å². The molecular weight excluding hydrogens is 384 g/mol. The van der Waals surface area contributed by atoms with Crippen molar-refractivity contribution < 1.29 is 19.1 Å². The van der Waals surface area contributed by atoms with E-state index in [9.17, 15) is 14.4 Å². The molecule has 8 heteroatoms.